The van der Waals surface area contributed by atoms with E-state index in [1.165, 1.54) is 9.80 Å². The molecule has 0 aromatic heterocycles. The third-order valence-electron chi connectivity index (χ3n) is 3.43. The summed E-state index contributed by atoms with van der Waals surface area (Å²) in [6.07, 6.45) is -0.316. The minimum atomic E-state index is -0.330. The maximum Gasteiger partial charge on any atom is 0.214 e. The first-order chi connectivity index (χ1) is 11.9. The van der Waals surface area contributed by atoms with Crippen molar-refractivity contribution in [3.63, 3.8) is 0 Å². The number of likely N-dealkylation sites (N-methyl/N-ethyl adjacent to an activating group) is 2. The highest BCUT2D eigenvalue weighted by Crippen LogP contribution is 1.95. The lowest BCUT2D eigenvalue weighted by atomic mass is 10.0. The second kappa shape index (κ2) is 13.6. The van der Waals surface area contributed by atoms with Crippen LogP contribution in [0.2, 0.25) is 12.6 Å². The monoisotopic (exact) mass is 348 g/mol. The number of rotatable bonds is 14. The highest BCUT2D eigenvalue weighted by Gasteiger charge is 2.16. The summed E-state index contributed by atoms with van der Waals surface area (Å²) < 4.78 is 0. The maximum absolute atomic E-state index is 11.9. The number of hydrogen-bond acceptors (Lipinski definition) is 6. The molecule has 2 amide bonds. The zero-order valence-corrected chi connectivity index (χ0v) is 15.0. The van der Waals surface area contributed by atoms with Crippen molar-refractivity contribution in [2.75, 3.05) is 52.9 Å². The Morgan fingerprint density at radius 2 is 1.40 bits per heavy atom. The number of hydrogen-bond donors (Lipinski definition) is 2. The smallest absolute Gasteiger partial charge is 0.214 e. The van der Waals surface area contributed by atoms with Gasteiger partial charge in [-0.15, -0.1) is 0 Å². The zero-order valence-electron chi connectivity index (χ0n) is 15.0. The maximum atomic E-state index is 11.9. The van der Waals surface area contributed by atoms with Crippen LogP contribution in [0.4, 0.5) is 0 Å². The Hall–Kier alpha value is -1.67. The second-order valence-electron chi connectivity index (χ2n) is 5.42. The Bertz CT molecular complexity index is 463. The first kappa shape index (κ1) is 23.3. The van der Waals surface area contributed by atoms with Crippen LogP contribution < -0.4 is 10.6 Å². The van der Waals surface area contributed by atoms with Crippen molar-refractivity contribution in [3.05, 3.63) is 0 Å². The Morgan fingerprint density at radius 3 is 1.92 bits per heavy atom. The van der Waals surface area contributed by atoms with E-state index in [4.69, 9.17) is 15.7 Å². The fourth-order valence-corrected chi connectivity index (χ4v) is 2.10. The van der Waals surface area contributed by atoms with Crippen LogP contribution >= 0.6 is 0 Å². The average Bonchev–Trinajstić information content (AvgIpc) is 2.60. The van der Waals surface area contributed by atoms with Crippen LogP contribution in [0, 0.1) is 0 Å². The highest BCUT2D eigenvalue weighted by atomic mass is 16.2. The molecule has 0 aliphatic heterocycles. The molecule has 0 heterocycles. The highest BCUT2D eigenvalue weighted by molar-refractivity contribution is 6.20. The van der Waals surface area contributed by atoms with E-state index in [9.17, 15) is 19.2 Å². The molecule has 0 aliphatic carbocycles. The van der Waals surface area contributed by atoms with Crippen LogP contribution in [0.25, 0.3) is 0 Å². The van der Waals surface area contributed by atoms with Crippen molar-refractivity contribution in [2.24, 2.45) is 0 Å². The number of carbonyl (C=O) groups excluding carboxylic acids is 4. The van der Waals surface area contributed by atoms with Gasteiger partial charge < -0.3 is 20.4 Å². The van der Waals surface area contributed by atoms with Gasteiger partial charge in [0, 0.05) is 19.6 Å². The third-order valence-corrected chi connectivity index (χ3v) is 3.43. The summed E-state index contributed by atoms with van der Waals surface area (Å²) in [7, 11) is 12.3. The molecule has 136 valence electrons. The quantitative estimate of drug-likeness (QED) is 0.273. The number of ketones is 2. The number of Topliss-reactive ketones (excluding diaryl/α,β-unsaturated/α-hetero) is 2. The number of amides is 2. The molecule has 0 bridgehead atoms. The van der Waals surface area contributed by atoms with Crippen LogP contribution in [0.5, 0.6) is 0 Å². The normalized spacial score (nSPS) is 10.3. The zero-order chi connectivity index (χ0) is 19.2. The molecule has 0 saturated carbocycles. The SMILES string of the molecule is [B]CC(=O)N(CC)CC(=O)CNCCN(CC(=O)CNC)C(=O)C[B]. The van der Waals surface area contributed by atoms with Gasteiger partial charge in [0.2, 0.25) is 11.8 Å². The van der Waals surface area contributed by atoms with Gasteiger partial charge in [0.1, 0.15) is 0 Å². The summed E-state index contributed by atoms with van der Waals surface area (Å²) in [5, 5.41) is 5.64. The van der Waals surface area contributed by atoms with Crippen molar-refractivity contribution in [2.45, 2.75) is 19.6 Å². The molecule has 0 saturated heterocycles. The molecule has 0 aromatic rings. The molecule has 0 atom stereocenters. The van der Waals surface area contributed by atoms with E-state index >= 15 is 0 Å². The molecule has 0 rings (SSSR count). The van der Waals surface area contributed by atoms with E-state index in [2.05, 4.69) is 10.6 Å². The molecule has 0 unspecified atom stereocenters. The molecular weight excluding hydrogens is 322 g/mol. The topological polar surface area (TPSA) is 98.8 Å². The van der Waals surface area contributed by atoms with Gasteiger partial charge in [0.15, 0.2) is 11.6 Å². The minimum Gasteiger partial charge on any atom is -0.336 e. The predicted molar refractivity (Wildman–Crippen MR) is 96.8 cm³/mol. The fraction of sp³-hybridized carbons (Fsp3) is 0.733. The van der Waals surface area contributed by atoms with Gasteiger partial charge in [0.25, 0.3) is 0 Å². The van der Waals surface area contributed by atoms with Crippen LogP contribution in [0.1, 0.15) is 6.92 Å². The molecule has 0 spiro atoms. The van der Waals surface area contributed by atoms with Crippen LogP contribution in [0.3, 0.4) is 0 Å². The van der Waals surface area contributed by atoms with E-state index in [0.29, 0.717) is 13.1 Å². The fourth-order valence-electron chi connectivity index (χ4n) is 2.10. The Balaban J connectivity index is 4.27. The summed E-state index contributed by atoms with van der Waals surface area (Å²) in [6.45, 7) is 2.97. The van der Waals surface area contributed by atoms with E-state index in [1.807, 2.05) is 0 Å². The summed E-state index contributed by atoms with van der Waals surface area (Å²) in [6, 6.07) is 0. The first-order valence-corrected chi connectivity index (χ1v) is 8.23. The minimum absolute atomic E-state index is 0.00830. The van der Waals surface area contributed by atoms with E-state index < -0.39 is 0 Å². The Morgan fingerprint density at radius 1 is 0.880 bits per heavy atom. The third kappa shape index (κ3) is 10.0. The Labute approximate surface area is 151 Å². The summed E-state index contributed by atoms with van der Waals surface area (Å²) in [5.41, 5.74) is 0. The molecular formula is C15H26B2N4O4. The predicted octanol–water partition coefficient (Wildman–Crippen LogP) is -2.22. The average molecular weight is 348 g/mol. The second-order valence-corrected chi connectivity index (χ2v) is 5.42. The van der Waals surface area contributed by atoms with Crippen molar-refractivity contribution in [3.8, 4) is 0 Å². The molecule has 4 radical (unpaired) electrons. The van der Waals surface area contributed by atoms with Crippen LogP contribution in [-0.4, -0.2) is 102 Å². The standard InChI is InChI=1S/C15H26B2N4O4/c1-3-20(14(24)6-16)10-13(23)9-19-4-5-21(15(25)7-17)11-12(22)8-18-2/h18-19H,3-11H2,1-2H3. The van der Waals surface area contributed by atoms with Crippen molar-refractivity contribution < 1.29 is 19.2 Å². The largest absolute Gasteiger partial charge is 0.336 e. The lowest BCUT2D eigenvalue weighted by Gasteiger charge is -2.22. The lowest BCUT2D eigenvalue weighted by Crippen LogP contribution is -2.43. The molecule has 2 N–H and O–H groups in total. The Kier molecular flexibility index (Phi) is 12.7. The van der Waals surface area contributed by atoms with E-state index in [1.54, 1.807) is 14.0 Å². The van der Waals surface area contributed by atoms with Crippen LogP contribution in [-0.2, 0) is 19.2 Å². The van der Waals surface area contributed by atoms with Crippen LogP contribution in [0.15, 0.2) is 0 Å². The van der Waals surface area contributed by atoms with Gasteiger partial charge in [-0.3, -0.25) is 19.2 Å². The van der Waals surface area contributed by atoms with Gasteiger partial charge in [-0.05, 0) is 26.6 Å². The van der Waals surface area contributed by atoms with E-state index in [0.717, 1.165) is 0 Å². The molecule has 0 aromatic carbocycles. The molecule has 0 fully saturated rings. The molecule has 25 heavy (non-hydrogen) atoms. The summed E-state index contributed by atoms with van der Waals surface area (Å²) in [5.74, 6) is -0.896. The number of nitrogens with zero attached hydrogens (tertiary/aromatic N) is 2. The van der Waals surface area contributed by atoms with E-state index in [-0.39, 0.29) is 68.7 Å². The lowest BCUT2D eigenvalue weighted by molar-refractivity contribution is -0.133. The van der Waals surface area contributed by atoms with Gasteiger partial charge in [-0.2, -0.15) is 0 Å². The van der Waals surface area contributed by atoms with Crippen molar-refractivity contribution in [1.82, 2.24) is 20.4 Å². The number of nitrogens with one attached hydrogen (secondary N) is 2. The van der Waals surface area contributed by atoms with Crippen molar-refractivity contribution >= 4 is 39.1 Å². The molecule has 10 heteroatoms. The summed E-state index contributed by atoms with van der Waals surface area (Å²) >= 11 is 0. The first-order valence-electron chi connectivity index (χ1n) is 8.23. The van der Waals surface area contributed by atoms with Gasteiger partial charge in [-0.25, -0.2) is 0 Å². The molecule has 0 aliphatic rings. The molecule has 8 nitrogen and oxygen atoms in total. The van der Waals surface area contributed by atoms with Gasteiger partial charge >= 0.3 is 0 Å². The number of carbonyl (C=O) groups is 4. The van der Waals surface area contributed by atoms with Crippen molar-refractivity contribution in [1.29, 1.82) is 0 Å². The van der Waals surface area contributed by atoms with Gasteiger partial charge in [-0.1, -0.05) is 0 Å². The van der Waals surface area contributed by atoms with Gasteiger partial charge in [0.05, 0.1) is 41.9 Å². The summed E-state index contributed by atoms with van der Waals surface area (Å²) in [4.78, 5) is 49.5.